The predicted molar refractivity (Wildman–Crippen MR) is 83.6 cm³/mol. The van der Waals surface area contributed by atoms with Crippen LogP contribution >= 0.6 is 0 Å². The van der Waals surface area contributed by atoms with Gasteiger partial charge in [-0.2, -0.15) is 5.10 Å². The molecule has 1 N–H and O–H groups in total. The fourth-order valence-corrected chi connectivity index (χ4v) is 2.46. The lowest BCUT2D eigenvalue weighted by Crippen LogP contribution is -2.23. The molecule has 3 rings (SSSR count). The van der Waals surface area contributed by atoms with Crippen molar-refractivity contribution in [3.05, 3.63) is 53.3 Å². The molecule has 7 nitrogen and oxygen atoms in total. The van der Waals surface area contributed by atoms with Crippen LogP contribution in [0.3, 0.4) is 0 Å². The summed E-state index contributed by atoms with van der Waals surface area (Å²) in [5.74, 6) is 0.314. The van der Waals surface area contributed by atoms with Crippen LogP contribution in [0, 0.1) is 13.8 Å². The van der Waals surface area contributed by atoms with E-state index in [2.05, 4.69) is 20.6 Å². The van der Waals surface area contributed by atoms with Gasteiger partial charge in [-0.25, -0.2) is 0 Å². The van der Waals surface area contributed by atoms with Crippen molar-refractivity contribution in [1.82, 2.24) is 25.2 Å². The minimum absolute atomic E-state index is 0.202. The van der Waals surface area contributed by atoms with Gasteiger partial charge in [0.1, 0.15) is 11.3 Å². The largest absolute Gasteiger partial charge is 0.361 e. The summed E-state index contributed by atoms with van der Waals surface area (Å²) in [6.07, 6.45) is 5.24. The third-order valence-electron chi connectivity index (χ3n) is 3.63. The van der Waals surface area contributed by atoms with E-state index >= 15 is 0 Å². The Kier molecular flexibility index (Phi) is 3.92. The van der Waals surface area contributed by atoms with Crippen molar-refractivity contribution >= 4 is 5.91 Å². The van der Waals surface area contributed by atoms with E-state index < -0.39 is 0 Å². The summed E-state index contributed by atoms with van der Waals surface area (Å²) in [5.41, 5.74) is 3.90. The Morgan fingerprint density at radius 3 is 2.83 bits per heavy atom. The SMILES string of the molecule is Cc1noc(C)c1C(=O)NCc1cncc(-c2ccnn2C)c1. The van der Waals surface area contributed by atoms with Gasteiger partial charge in [-0.1, -0.05) is 5.16 Å². The van der Waals surface area contributed by atoms with Gasteiger partial charge >= 0.3 is 0 Å². The maximum absolute atomic E-state index is 12.2. The van der Waals surface area contributed by atoms with Crippen molar-refractivity contribution in [3.8, 4) is 11.3 Å². The first-order valence-corrected chi connectivity index (χ1v) is 7.19. The van der Waals surface area contributed by atoms with Crippen LogP contribution in [-0.4, -0.2) is 25.8 Å². The maximum atomic E-state index is 12.2. The molecule has 3 heterocycles. The van der Waals surface area contributed by atoms with E-state index in [-0.39, 0.29) is 5.91 Å². The van der Waals surface area contributed by atoms with Gasteiger partial charge in [0.25, 0.3) is 5.91 Å². The maximum Gasteiger partial charge on any atom is 0.257 e. The molecule has 7 heteroatoms. The van der Waals surface area contributed by atoms with Gasteiger partial charge in [0, 0.05) is 37.7 Å². The lowest BCUT2D eigenvalue weighted by atomic mass is 10.1. The van der Waals surface area contributed by atoms with E-state index in [1.807, 2.05) is 19.2 Å². The van der Waals surface area contributed by atoms with Crippen LogP contribution < -0.4 is 5.32 Å². The molecular weight excluding hydrogens is 294 g/mol. The topological polar surface area (TPSA) is 85.8 Å². The molecule has 118 valence electrons. The first kappa shape index (κ1) is 15.0. The zero-order valence-corrected chi connectivity index (χ0v) is 13.2. The lowest BCUT2D eigenvalue weighted by Gasteiger charge is -2.07. The standard InChI is InChI=1S/C16H17N5O2/c1-10-15(11(2)23-20-10)16(22)18-8-12-6-13(9-17-7-12)14-4-5-19-21(14)3/h4-7,9H,8H2,1-3H3,(H,18,22). The summed E-state index contributed by atoms with van der Waals surface area (Å²) in [6.45, 7) is 3.84. The molecule has 0 aliphatic rings. The molecule has 23 heavy (non-hydrogen) atoms. The van der Waals surface area contributed by atoms with E-state index in [0.717, 1.165) is 16.8 Å². The number of rotatable bonds is 4. The van der Waals surface area contributed by atoms with Gasteiger partial charge in [0.15, 0.2) is 0 Å². The van der Waals surface area contributed by atoms with Crippen molar-refractivity contribution in [2.75, 3.05) is 0 Å². The third-order valence-corrected chi connectivity index (χ3v) is 3.63. The van der Waals surface area contributed by atoms with Gasteiger partial charge in [-0.05, 0) is 31.5 Å². The monoisotopic (exact) mass is 311 g/mol. The van der Waals surface area contributed by atoms with E-state index in [1.165, 1.54) is 0 Å². The summed E-state index contributed by atoms with van der Waals surface area (Å²) in [5, 5.41) is 10.8. The molecule has 0 radical (unpaired) electrons. The minimum atomic E-state index is -0.202. The van der Waals surface area contributed by atoms with Crippen molar-refractivity contribution in [3.63, 3.8) is 0 Å². The number of pyridine rings is 1. The molecule has 0 spiro atoms. The van der Waals surface area contributed by atoms with Gasteiger partial charge in [-0.15, -0.1) is 0 Å². The van der Waals surface area contributed by atoms with E-state index in [4.69, 9.17) is 4.52 Å². The highest BCUT2D eigenvalue weighted by Crippen LogP contribution is 2.18. The van der Waals surface area contributed by atoms with Gasteiger partial charge < -0.3 is 9.84 Å². The minimum Gasteiger partial charge on any atom is -0.361 e. The van der Waals surface area contributed by atoms with Crippen molar-refractivity contribution in [2.45, 2.75) is 20.4 Å². The molecular formula is C16H17N5O2. The van der Waals surface area contributed by atoms with Crippen LogP contribution in [0.1, 0.15) is 27.4 Å². The molecule has 0 aliphatic carbocycles. The third kappa shape index (κ3) is 2.98. The summed E-state index contributed by atoms with van der Waals surface area (Å²) in [7, 11) is 1.88. The predicted octanol–water partition coefficient (Wildman–Crippen LogP) is 2.02. The molecule has 0 unspecified atom stereocenters. The number of hydrogen-bond donors (Lipinski definition) is 1. The Morgan fingerprint density at radius 2 is 2.17 bits per heavy atom. The number of carbonyl (C=O) groups excluding carboxylic acids is 1. The van der Waals surface area contributed by atoms with Gasteiger partial charge in [-0.3, -0.25) is 14.5 Å². The number of carbonyl (C=O) groups is 1. The van der Waals surface area contributed by atoms with Gasteiger partial charge in [0.2, 0.25) is 0 Å². The molecule has 0 aromatic carbocycles. The van der Waals surface area contributed by atoms with Crippen LogP contribution in [0.4, 0.5) is 0 Å². The summed E-state index contributed by atoms with van der Waals surface area (Å²) >= 11 is 0. The number of nitrogens with one attached hydrogen (secondary N) is 1. The highest BCUT2D eigenvalue weighted by molar-refractivity contribution is 5.96. The van der Waals surface area contributed by atoms with E-state index in [9.17, 15) is 4.79 Å². The Balaban J connectivity index is 1.74. The second-order valence-corrected chi connectivity index (χ2v) is 5.30. The number of hydrogen-bond acceptors (Lipinski definition) is 5. The summed E-state index contributed by atoms with van der Waals surface area (Å²) in [4.78, 5) is 16.5. The van der Waals surface area contributed by atoms with Crippen LogP contribution in [0.2, 0.25) is 0 Å². The quantitative estimate of drug-likeness (QED) is 0.796. The number of amides is 1. The fraction of sp³-hybridized carbons (Fsp3) is 0.250. The molecule has 0 fully saturated rings. The highest BCUT2D eigenvalue weighted by Gasteiger charge is 2.17. The second-order valence-electron chi connectivity index (χ2n) is 5.30. The molecule has 0 atom stereocenters. The average molecular weight is 311 g/mol. The molecule has 0 aliphatic heterocycles. The van der Waals surface area contributed by atoms with E-state index in [1.54, 1.807) is 37.1 Å². The van der Waals surface area contributed by atoms with Crippen LogP contribution in [0.15, 0.2) is 35.2 Å². The molecule has 0 saturated heterocycles. The van der Waals surface area contributed by atoms with Crippen molar-refractivity contribution < 1.29 is 9.32 Å². The normalized spacial score (nSPS) is 10.7. The Morgan fingerprint density at radius 1 is 1.35 bits per heavy atom. The Hall–Kier alpha value is -2.96. The second kappa shape index (κ2) is 6.04. The van der Waals surface area contributed by atoms with Crippen molar-refractivity contribution in [2.24, 2.45) is 7.05 Å². The van der Waals surface area contributed by atoms with E-state index in [0.29, 0.717) is 23.6 Å². The Labute approximate surface area is 133 Å². The zero-order valence-electron chi connectivity index (χ0n) is 13.2. The molecule has 0 saturated carbocycles. The number of aryl methyl sites for hydroxylation is 3. The lowest BCUT2D eigenvalue weighted by molar-refractivity contribution is 0.0949. The molecule has 3 aromatic heterocycles. The summed E-state index contributed by atoms with van der Waals surface area (Å²) < 4.78 is 6.80. The van der Waals surface area contributed by atoms with Crippen LogP contribution in [-0.2, 0) is 13.6 Å². The summed E-state index contributed by atoms with van der Waals surface area (Å²) in [6, 6.07) is 3.90. The molecule has 1 amide bonds. The first-order valence-electron chi connectivity index (χ1n) is 7.19. The zero-order chi connectivity index (χ0) is 16.4. The van der Waals surface area contributed by atoms with Crippen LogP contribution in [0.25, 0.3) is 11.3 Å². The molecule has 0 bridgehead atoms. The first-order chi connectivity index (χ1) is 11.1. The van der Waals surface area contributed by atoms with Gasteiger partial charge in [0.05, 0.1) is 11.4 Å². The number of nitrogens with zero attached hydrogens (tertiary/aromatic N) is 4. The fourth-order valence-electron chi connectivity index (χ4n) is 2.46. The van der Waals surface area contributed by atoms with Crippen LogP contribution in [0.5, 0.6) is 0 Å². The highest BCUT2D eigenvalue weighted by atomic mass is 16.5. The van der Waals surface area contributed by atoms with Crippen molar-refractivity contribution in [1.29, 1.82) is 0 Å². The Bertz CT molecular complexity index is 830. The smallest absolute Gasteiger partial charge is 0.257 e. The average Bonchev–Trinajstić information content (AvgIpc) is 3.11. The molecule has 3 aromatic rings. The number of aromatic nitrogens is 4.